The minimum atomic E-state index is -0.258. The SMILES string of the molecule is CCC(CC)CNC(=NC)NCc1ccc(NC(=O)c2ccco2)cc1.I. The van der Waals surface area contributed by atoms with Crippen molar-refractivity contribution in [1.29, 1.82) is 0 Å². The summed E-state index contributed by atoms with van der Waals surface area (Å²) in [6.07, 6.45) is 3.80. The Morgan fingerprint density at radius 2 is 1.81 bits per heavy atom. The van der Waals surface area contributed by atoms with Crippen LogP contribution in [0.15, 0.2) is 52.1 Å². The van der Waals surface area contributed by atoms with Crippen LogP contribution in [0.3, 0.4) is 0 Å². The lowest BCUT2D eigenvalue weighted by atomic mass is 10.0. The number of hydrogen-bond donors (Lipinski definition) is 3. The van der Waals surface area contributed by atoms with E-state index in [2.05, 4.69) is 34.8 Å². The third kappa shape index (κ3) is 7.62. The van der Waals surface area contributed by atoms with Crippen LogP contribution in [0.4, 0.5) is 5.69 Å². The topological polar surface area (TPSA) is 78.7 Å². The van der Waals surface area contributed by atoms with Crippen LogP contribution in [0.25, 0.3) is 0 Å². The molecular weight excluding hydrogens is 455 g/mol. The number of halogens is 1. The summed E-state index contributed by atoms with van der Waals surface area (Å²) in [6, 6.07) is 11.0. The van der Waals surface area contributed by atoms with Crippen LogP contribution in [0.5, 0.6) is 0 Å². The number of aliphatic imine (C=N–C) groups is 1. The number of anilines is 1. The average molecular weight is 484 g/mol. The van der Waals surface area contributed by atoms with Gasteiger partial charge >= 0.3 is 0 Å². The summed E-state index contributed by atoms with van der Waals surface area (Å²) in [5, 5.41) is 9.48. The Hall–Kier alpha value is -2.03. The second kappa shape index (κ2) is 12.4. The van der Waals surface area contributed by atoms with Crippen molar-refractivity contribution < 1.29 is 9.21 Å². The van der Waals surface area contributed by atoms with Gasteiger partial charge in [-0.2, -0.15) is 0 Å². The Labute approximate surface area is 178 Å². The Bertz CT molecular complexity index is 695. The summed E-state index contributed by atoms with van der Waals surface area (Å²) in [7, 11) is 1.77. The van der Waals surface area contributed by atoms with Gasteiger partial charge in [-0.05, 0) is 35.7 Å². The van der Waals surface area contributed by atoms with Crippen LogP contribution >= 0.6 is 24.0 Å². The van der Waals surface area contributed by atoms with E-state index in [0.717, 1.165) is 36.6 Å². The van der Waals surface area contributed by atoms with Crippen molar-refractivity contribution in [3.63, 3.8) is 0 Å². The Kier molecular flexibility index (Phi) is 10.5. The molecule has 0 fully saturated rings. The molecule has 0 spiro atoms. The van der Waals surface area contributed by atoms with Gasteiger partial charge in [-0.15, -0.1) is 24.0 Å². The lowest BCUT2D eigenvalue weighted by molar-refractivity contribution is 0.0996. The van der Waals surface area contributed by atoms with Crippen LogP contribution in [0, 0.1) is 5.92 Å². The number of hydrogen-bond acceptors (Lipinski definition) is 3. The van der Waals surface area contributed by atoms with Gasteiger partial charge in [0.15, 0.2) is 11.7 Å². The van der Waals surface area contributed by atoms with Crippen molar-refractivity contribution in [3.8, 4) is 0 Å². The highest BCUT2D eigenvalue weighted by Crippen LogP contribution is 2.12. The molecule has 0 bridgehead atoms. The normalized spacial score (nSPS) is 11.0. The van der Waals surface area contributed by atoms with Gasteiger partial charge in [-0.1, -0.05) is 38.8 Å². The summed E-state index contributed by atoms with van der Waals surface area (Å²) in [5.74, 6) is 1.49. The molecule has 0 atom stereocenters. The van der Waals surface area contributed by atoms with E-state index in [1.807, 2.05) is 24.3 Å². The highest BCUT2D eigenvalue weighted by Gasteiger charge is 2.08. The molecule has 1 aromatic heterocycles. The largest absolute Gasteiger partial charge is 0.459 e. The third-order valence-electron chi connectivity index (χ3n) is 4.35. The zero-order chi connectivity index (χ0) is 18.8. The second-order valence-corrected chi connectivity index (χ2v) is 6.12. The molecule has 0 aliphatic heterocycles. The average Bonchev–Trinajstić information content (AvgIpc) is 3.21. The number of nitrogens with one attached hydrogen (secondary N) is 3. The van der Waals surface area contributed by atoms with E-state index in [4.69, 9.17) is 4.42 Å². The molecule has 2 rings (SSSR count). The molecule has 148 valence electrons. The minimum absolute atomic E-state index is 0. The number of furan rings is 1. The van der Waals surface area contributed by atoms with Crippen LogP contribution in [-0.2, 0) is 6.54 Å². The molecule has 1 amide bonds. The van der Waals surface area contributed by atoms with Gasteiger partial charge in [-0.25, -0.2) is 0 Å². The summed E-state index contributed by atoms with van der Waals surface area (Å²) in [5.41, 5.74) is 1.83. The third-order valence-corrected chi connectivity index (χ3v) is 4.35. The number of nitrogens with zero attached hydrogens (tertiary/aromatic N) is 1. The molecule has 27 heavy (non-hydrogen) atoms. The fraction of sp³-hybridized carbons (Fsp3) is 0.400. The first-order valence-electron chi connectivity index (χ1n) is 9.04. The Balaban J connectivity index is 0.00000364. The number of rotatable bonds is 8. The van der Waals surface area contributed by atoms with E-state index in [0.29, 0.717) is 18.2 Å². The molecule has 1 aromatic carbocycles. The maximum atomic E-state index is 11.9. The molecule has 0 saturated carbocycles. The van der Waals surface area contributed by atoms with Crippen molar-refractivity contribution in [2.24, 2.45) is 10.9 Å². The Morgan fingerprint density at radius 1 is 1.11 bits per heavy atom. The maximum absolute atomic E-state index is 11.9. The molecule has 0 aliphatic rings. The van der Waals surface area contributed by atoms with Crippen molar-refractivity contribution in [2.45, 2.75) is 33.2 Å². The monoisotopic (exact) mass is 484 g/mol. The van der Waals surface area contributed by atoms with E-state index >= 15 is 0 Å². The number of guanidine groups is 1. The molecule has 1 heterocycles. The van der Waals surface area contributed by atoms with E-state index in [9.17, 15) is 4.79 Å². The molecular formula is C20H29IN4O2. The number of benzene rings is 1. The van der Waals surface area contributed by atoms with Gasteiger partial charge in [0.25, 0.3) is 5.91 Å². The standard InChI is InChI=1S/C20H28N4O2.HI/c1-4-15(5-2)13-22-20(21-3)23-14-16-8-10-17(11-9-16)24-19(25)18-7-6-12-26-18;/h6-12,15H,4-5,13-14H2,1-3H3,(H,24,25)(H2,21,22,23);1H. The molecule has 3 N–H and O–H groups in total. The van der Waals surface area contributed by atoms with E-state index < -0.39 is 0 Å². The lowest BCUT2D eigenvalue weighted by Crippen LogP contribution is -2.39. The van der Waals surface area contributed by atoms with Gasteiger partial charge in [0.05, 0.1) is 6.26 Å². The smallest absolute Gasteiger partial charge is 0.291 e. The summed E-state index contributed by atoms with van der Waals surface area (Å²) < 4.78 is 5.08. The fourth-order valence-electron chi connectivity index (χ4n) is 2.53. The lowest BCUT2D eigenvalue weighted by Gasteiger charge is -2.16. The van der Waals surface area contributed by atoms with Crippen LogP contribution in [0.2, 0.25) is 0 Å². The van der Waals surface area contributed by atoms with Crippen molar-refractivity contribution in [1.82, 2.24) is 10.6 Å². The fourth-order valence-corrected chi connectivity index (χ4v) is 2.53. The predicted octanol–water partition coefficient (Wildman–Crippen LogP) is 4.25. The van der Waals surface area contributed by atoms with E-state index in [1.165, 1.54) is 6.26 Å². The van der Waals surface area contributed by atoms with Crippen molar-refractivity contribution in [3.05, 3.63) is 54.0 Å². The first-order chi connectivity index (χ1) is 12.7. The summed E-state index contributed by atoms with van der Waals surface area (Å²) in [6.45, 7) is 6.00. The van der Waals surface area contributed by atoms with Crippen LogP contribution in [-0.4, -0.2) is 25.5 Å². The number of carbonyl (C=O) groups is 1. The van der Waals surface area contributed by atoms with E-state index in [1.54, 1.807) is 19.2 Å². The summed E-state index contributed by atoms with van der Waals surface area (Å²) >= 11 is 0. The predicted molar refractivity (Wildman–Crippen MR) is 121 cm³/mol. The number of carbonyl (C=O) groups excluding carboxylic acids is 1. The summed E-state index contributed by atoms with van der Waals surface area (Å²) in [4.78, 5) is 16.2. The zero-order valence-corrected chi connectivity index (χ0v) is 18.4. The molecule has 2 aromatic rings. The highest BCUT2D eigenvalue weighted by atomic mass is 127. The molecule has 0 saturated heterocycles. The first-order valence-corrected chi connectivity index (χ1v) is 9.04. The maximum Gasteiger partial charge on any atom is 0.291 e. The van der Waals surface area contributed by atoms with Crippen LogP contribution in [0.1, 0.15) is 42.8 Å². The van der Waals surface area contributed by atoms with Crippen molar-refractivity contribution in [2.75, 3.05) is 18.9 Å². The molecule has 0 aliphatic carbocycles. The quantitative estimate of drug-likeness (QED) is 0.298. The minimum Gasteiger partial charge on any atom is -0.459 e. The van der Waals surface area contributed by atoms with Gasteiger partial charge in [0.2, 0.25) is 0 Å². The molecule has 7 heteroatoms. The molecule has 0 unspecified atom stereocenters. The van der Waals surface area contributed by atoms with Gasteiger partial charge in [0.1, 0.15) is 0 Å². The van der Waals surface area contributed by atoms with Gasteiger partial charge in [0, 0.05) is 25.8 Å². The number of amides is 1. The molecule has 0 radical (unpaired) electrons. The Morgan fingerprint density at radius 3 is 2.37 bits per heavy atom. The van der Waals surface area contributed by atoms with Gasteiger partial charge in [-0.3, -0.25) is 9.79 Å². The second-order valence-electron chi connectivity index (χ2n) is 6.12. The zero-order valence-electron chi connectivity index (χ0n) is 16.1. The van der Waals surface area contributed by atoms with Gasteiger partial charge < -0.3 is 20.4 Å². The van der Waals surface area contributed by atoms with Crippen LogP contribution < -0.4 is 16.0 Å². The highest BCUT2D eigenvalue weighted by molar-refractivity contribution is 14.0. The van der Waals surface area contributed by atoms with Crippen molar-refractivity contribution >= 4 is 41.5 Å². The van der Waals surface area contributed by atoms with E-state index in [-0.39, 0.29) is 29.9 Å². The molecule has 6 nitrogen and oxygen atoms in total. The first kappa shape index (κ1) is 23.0.